The van der Waals surface area contributed by atoms with Crippen LogP contribution in [-0.4, -0.2) is 12.5 Å². The quantitative estimate of drug-likeness (QED) is 0.856. The topological polar surface area (TPSA) is 41.1 Å². The van der Waals surface area contributed by atoms with E-state index in [4.69, 9.17) is 0 Å². The Morgan fingerprint density at radius 1 is 1.10 bits per heavy atom. The van der Waals surface area contributed by atoms with Gasteiger partial charge in [0.05, 0.1) is 6.42 Å². The van der Waals surface area contributed by atoms with E-state index in [1.54, 1.807) is 12.1 Å². The van der Waals surface area contributed by atoms with Gasteiger partial charge in [0.15, 0.2) is 0 Å². The van der Waals surface area contributed by atoms with E-state index in [1.165, 1.54) is 6.07 Å². The zero-order valence-corrected chi connectivity index (χ0v) is 12.0. The van der Waals surface area contributed by atoms with Crippen LogP contribution in [0.1, 0.15) is 18.1 Å². The van der Waals surface area contributed by atoms with Gasteiger partial charge in [-0.3, -0.25) is 4.79 Å². The summed E-state index contributed by atoms with van der Waals surface area (Å²) < 4.78 is 13.5. The van der Waals surface area contributed by atoms with Crippen molar-refractivity contribution in [2.75, 3.05) is 11.9 Å². The number of hydrogen-bond acceptors (Lipinski definition) is 2. The van der Waals surface area contributed by atoms with Crippen LogP contribution in [0, 0.1) is 5.82 Å². The first kappa shape index (κ1) is 15.0. The van der Waals surface area contributed by atoms with Crippen LogP contribution in [0.5, 0.6) is 0 Å². The van der Waals surface area contributed by atoms with Gasteiger partial charge < -0.3 is 10.6 Å². The number of benzene rings is 2. The van der Waals surface area contributed by atoms with E-state index < -0.39 is 0 Å². The van der Waals surface area contributed by atoms with Crippen molar-refractivity contribution in [2.45, 2.75) is 19.9 Å². The molecule has 0 aliphatic rings. The molecule has 0 aromatic heterocycles. The van der Waals surface area contributed by atoms with Gasteiger partial charge in [-0.2, -0.15) is 0 Å². The molecule has 0 saturated carbocycles. The first-order valence-electron chi connectivity index (χ1n) is 7.02. The third-order valence-corrected chi connectivity index (χ3v) is 3.13. The van der Waals surface area contributed by atoms with E-state index in [0.717, 1.165) is 11.3 Å². The highest BCUT2D eigenvalue weighted by molar-refractivity contribution is 5.78. The third-order valence-electron chi connectivity index (χ3n) is 3.13. The van der Waals surface area contributed by atoms with Gasteiger partial charge in [0, 0.05) is 24.3 Å². The molecule has 0 aliphatic heterocycles. The first-order chi connectivity index (χ1) is 10.2. The van der Waals surface area contributed by atoms with Crippen molar-refractivity contribution in [1.29, 1.82) is 0 Å². The van der Waals surface area contributed by atoms with Gasteiger partial charge in [0.2, 0.25) is 5.91 Å². The molecule has 21 heavy (non-hydrogen) atoms. The van der Waals surface area contributed by atoms with Crippen LogP contribution in [0.25, 0.3) is 0 Å². The molecule has 2 aromatic carbocycles. The number of hydrogen-bond donors (Lipinski definition) is 2. The minimum absolute atomic E-state index is 0.0181. The lowest BCUT2D eigenvalue weighted by molar-refractivity contribution is -0.120. The molecule has 3 nitrogen and oxygen atoms in total. The molecule has 110 valence electrons. The number of carbonyl (C=O) groups is 1. The zero-order valence-electron chi connectivity index (χ0n) is 12.0. The van der Waals surface area contributed by atoms with Crippen molar-refractivity contribution < 1.29 is 9.18 Å². The fraction of sp³-hybridized carbons (Fsp3) is 0.235. The van der Waals surface area contributed by atoms with Crippen molar-refractivity contribution in [1.82, 2.24) is 5.32 Å². The maximum Gasteiger partial charge on any atom is 0.224 e. The summed E-state index contributed by atoms with van der Waals surface area (Å²) >= 11 is 0. The van der Waals surface area contributed by atoms with Crippen molar-refractivity contribution in [3.63, 3.8) is 0 Å². The van der Waals surface area contributed by atoms with Crippen LogP contribution < -0.4 is 10.6 Å². The molecule has 0 heterocycles. The average molecular weight is 286 g/mol. The van der Waals surface area contributed by atoms with Gasteiger partial charge in [-0.05, 0) is 30.7 Å². The van der Waals surface area contributed by atoms with Crippen molar-refractivity contribution >= 4 is 11.6 Å². The molecular formula is C17H19FN2O. The van der Waals surface area contributed by atoms with E-state index in [-0.39, 0.29) is 11.7 Å². The number of likely N-dealkylation sites (N-methyl/N-ethyl adjacent to an activating group) is 1. The number of halogens is 1. The van der Waals surface area contributed by atoms with Gasteiger partial charge in [0.25, 0.3) is 0 Å². The Morgan fingerprint density at radius 3 is 2.48 bits per heavy atom. The van der Waals surface area contributed by atoms with E-state index in [2.05, 4.69) is 10.6 Å². The van der Waals surface area contributed by atoms with Crippen LogP contribution in [-0.2, 0) is 17.8 Å². The Kier molecular flexibility index (Phi) is 5.32. The van der Waals surface area contributed by atoms with E-state index >= 15 is 0 Å². The predicted octanol–water partition coefficient (Wildman–Crippen LogP) is 3.12. The van der Waals surface area contributed by atoms with E-state index in [0.29, 0.717) is 25.1 Å². The summed E-state index contributed by atoms with van der Waals surface area (Å²) in [6.45, 7) is 2.97. The molecule has 0 fully saturated rings. The summed E-state index contributed by atoms with van der Waals surface area (Å²) in [5, 5.41) is 5.93. The van der Waals surface area contributed by atoms with Gasteiger partial charge >= 0.3 is 0 Å². The summed E-state index contributed by atoms with van der Waals surface area (Å²) in [5.74, 6) is -0.192. The molecular weight excluding hydrogens is 267 g/mol. The Balaban J connectivity index is 1.91. The Bertz CT molecular complexity index is 596. The van der Waals surface area contributed by atoms with Crippen LogP contribution in [0.3, 0.4) is 0 Å². The van der Waals surface area contributed by atoms with Crippen molar-refractivity contribution in [3.05, 3.63) is 65.5 Å². The molecule has 2 N–H and O–H groups in total. The first-order valence-corrected chi connectivity index (χ1v) is 7.02. The summed E-state index contributed by atoms with van der Waals surface area (Å²) in [5.41, 5.74) is 2.49. The summed E-state index contributed by atoms with van der Waals surface area (Å²) in [6, 6.07) is 14.3. The number of anilines is 1. The standard InChI is InChI=1S/C17H19FN2O/c1-2-19-17(21)11-13-7-9-15(10-8-13)20-12-14-5-3-4-6-16(14)18/h3-10,20H,2,11-12H2,1H3,(H,19,21). The molecule has 0 aliphatic carbocycles. The summed E-state index contributed by atoms with van der Waals surface area (Å²) in [6.07, 6.45) is 0.376. The lowest BCUT2D eigenvalue weighted by Gasteiger charge is -2.08. The Labute approximate surface area is 124 Å². The van der Waals surface area contributed by atoms with Gasteiger partial charge in [-0.15, -0.1) is 0 Å². The maximum atomic E-state index is 13.5. The summed E-state index contributed by atoms with van der Waals surface area (Å²) in [7, 11) is 0. The lowest BCUT2D eigenvalue weighted by atomic mass is 10.1. The highest BCUT2D eigenvalue weighted by Gasteiger charge is 2.03. The Hall–Kier alpha value is -2.36. The largest absolute Gasteiger partial charge is 0.381 e. The van der Waals surface area contributed by atoms with E-state index in [9.17, 15) is 9.18 Å². The molecule has 0 atom stereocenters. The van der Waals surface area contributed by atoms with Gasteiger partial charge in [-0.25, -0.2) is 4.39 Å². The molecule has 0 spiro atoms. The lowest BCUT2D eigenvalue weighted by Crippen LogP contribution is -2.24. The fourth-order valence-electron chi connectivity index (χ4n) is 2.02. The number of rotatable bonds is 6. The number of nitrogens with one attached hydrogen (secondary N) is 2. The predicted molar refractivity (Wildman–Crippen MR) is 82.6 cm³/mol. The fourth-order valence-corrected chi connectivity index (χ4v) is 2.02. The summed E-state index contributed by atoms with van der Waals surface area (Å²) in [4.78, 5) is 11.5. The van der Waals surface area contributed by atoms with Crippen LogP contribution in [0.2, 0.25) is 0 Å². The number of amides is 1. The highest BCUT2D eigenvalue weighted by Crippen LogP contribution is 2.13. The second-order valence-corrected chi connectivity index (χ2v) is 4.77. The third kappa shape index (κ3) is 4.60. The normalized spacial score (nSPS) is 10.2. The molecule has 0 unspecified atom stereocenters. The average Bonchev–Trinajstić information content (AvgIpc) is 2.48. The Morgan fingerprint density at radius 2 is 1.81 bits per heavy atom. The molecule has 0 radical (unpaired) electrons. The van der Waals surface area contributed by atoms with Crippen LogP contribution >= 0.6 is 0 Å². The second-order valence-electron chi connectivity index (χ2n) is 4.77. The van der Waals surface area contributed by atoms with Crippen molar-refractivity contribution in [3.8, 4) is 0 Å². The van der Waals surface area contributed by atoms with Gasteiger partial charge in [0.1, 0.15) is 5.82 Å². The van der Waals surface area contributed by atoms with Crippen LogP contribution in [0.4, 0.5) is 10.1 Å². The van der Waals surface area contributed by atoms with Crippen LogP contribution in [0.15, 0.2) is 48.5 Å². The van der Waals surface area contributed by atoms with Gasteiger partial charge in [-0.1, -0.05) is 30.3 Å². The van der Waals surface area contributed by atoms with E-state index in [1.807, 2.05) is 37.3 Å². The molecule has 2 aromatic rings. The molecule has 4 heteroatoms. The highest BCUT2D eigenvalue weighted by atomic mass is 19.1. The SMILES string of the molecule is CCNC(=O)Cc1ccc(NCc2ccccc2F)cc1. The smallest absolute Gasteiger partial charge is 0.224 e. The monoisotopic (exact) mass is 286 g/mol. The second kappa shape index (κ2) is 7.43. The minimum Gasteiger partial charge on any atom is -0.381 e. The zero-order chi connectivity index (χ0) is 15.1. The van der Waals surface area contributed by atoms with Crippen molar-refractivity contribution in [2.24, 2.45) is 0 Å². The minimum atomic E-state index is -0.210. The molecule has 2 rings (SSSR count). The molecule has 0 saturated heterocycles. The maximum absolute atomic E-state index is 13.5. The molecule has 0 bridgehead atoms. The molecule has 1 amide bonds. The number of carbonyl (C=O) groups excluding carboxylic acids is 1.